The molecule has 11 heavy (non-hydrogen) atoms. The monoisotopic (exact) mass is 152 g/mol. The zero-order chi connectivity index (χ0) is 8.10. The summed E-state index contributed by atoms with van der Waals surface area (Å²) >= 11 is 0. The maximum Gasteiger partial charge on any atom is 0.0732 e. The number of nitrogens with one attached hydrogen (secondary N) is 2. The van der Waals surface area contributed by atoms with Gasteiger partial charge in [0.1, 0.15) is 0 Å². The summed E-state index contributed by atoms with van der Waals surface area (Å²) in [6.07, 6.45) is 3.49. The SMILES string of the molecule is CNN(NC)c1ccncc1. The molecule has 0 spiro atoms. The van der Waals surface area contributed by atoms with E-state index in [-0.39, 0.29) is 0 Å². The highest BCUT2D eigenvalue weighted by Gasteiger charge is 1.97. The lowest BCUT2D eigenvalue weighted by Crippen LogP contribution is -2.44. The van der Waals surface area contributed by atoms with Crippen LogP contribution in [0.3, 0.4) is 0 Å². The van der Waals surface area contributed by atoms with Crippen molar-refractivity contribution in [2.24, 2.45) is 0 Å². The third-order valence-corrected chi connectivity index (χ3v) is 1.37. The normalized spacial score (nSPS) is 9.64. The van der Waals surface area contributed by atoms with E-state index in [0.717, 1.165) is 5.69 Å². The van der Waals surface area contributed by atoms with Gasteiger partial charge in [0, 0.05) is 26.5 Å². The third kappa shape index (κ3) is 1.89. The lowest BCUT2D eigenvalue weighted by molar-refractivity contribution is 0.623. The molecule has 0 saturated heterocycles. The number of nitrogens with zero attached hydrogens (tertiary/aromatic N) is 2. The first-order chi connectivity index (χ1) is 5.38. The zero-order valence-electron chi connectivity index (χ0n) is 6.70. The minimum Gasteiger partial charge on any atom is -0.265 e. The van der Waals surface area contributed by atoms with Gasteiger partial charge in [-0.25, -0.2) is 16.0 Å². The van der Waals surface area contributed by atoms with Crippen LogP contribution in [-0.4, -0.2) is 19.1 Å². The van der Waals surface area contributed by atoms with Crippen LogP contribution in [0, 0.1) is 0 Å². The smallest absolute Gasteiger partial charge is 0.0732 e. The quantitative estimate of drug-likeness (QED) is 0.605. The van der Waals surface area contributed by atoms with E-state index in [1.807, 2.05) is 26.2 Å². The number of anilines is 1. The standard InChI is InChI=1S/C7H12N4/c1-8-11(9-2)7-3-5-10-6-4-7/h3-6,8-9H,1-2H3. The molecule has 0 amide bonds. The van der Waals surface area contributed by atoms with Crippen molar-refractivity contribution in [2.45, 2.75) is 0 Å². The topological polar surface area (TPSA) is 40.2 Å². The molecule has 0 bridgehead atoms. The van der Waals surface area contributed by atoms with Crippen molar-refractivity contribution in [1.82, 2.24) is 15.8 Å². The Labute approximate surface area is 66.2 Å². The molecule has 1 aromatic rings. The second kappa shape index (κ2) is 3.90. The van der Waals surface area contributed by atoms with Gasteiger partial charge in [-0.3, -0.25) is 4.98 Å². The summed E-state index contributed by atoms with van der Waals surface area (Å²) in [4.78, 5) is 3.91. The van der Waals surface area contributed by atoms with E-state index >= 15 is 0 Å². The fraction of sp³-hybridized carbons (Fsp3) is 0.286. The first-order valence-electron chi connectivity index (χ1n) is 3.43. The number of pyridine rings is 1. The first-order valence-corrected chi connectivity index (χ1v) is 3.43. The molecule has 0 aromatic carbocycles. The van der Waals surface area contributed by atoms with Crippen LogP contribution in [0.1, 0.15) is 0 Å². The number of rotatable bonds is 3. The van der Waals surface area contributed by atoms with Gasteiger partial charge in [-0.15, -0.1) is 0 Å². The highest BCUT2D eigenvalue weighted by molar-refractivity contribution is 5.41. The summed E-state index contributed by atoms with van der Waals surface area (Å²) in [7, 11) is 3.69. The van der Waals surface area contributed by atoms with Gasteiger partial charge in [0.05, 0.1) is 5.69 Å². The minimum atomic E-state index is 1.03. The molecule has 0 aliphatic rings. The molecule has 0 aliphatic carbocycles. The van der Waals surface area contributed by atoms with E-state index in [4.69, 9.17) is 0 Å². The number of hydrogen-bond donors (Lipinski definition) is 2. The van der Waals surface area contributed by atoms with E-state index in [1.54, 1.807) is 17.5 Å². The summed E-state index contributed by atoms with van der Waals surface area (Å²) in [5, 5.41) is 1.79. The van der Waals surface area contributed by atoms with Gasteiger partial charge in [-0.1, -0.05) is 0 Å². The summed E-state index contributed by atoms with van der Waals surface area (Å²) < 4.78 is 0. The molecule has 1 aromatic heterocycles. The van der Waals surface area contributed by atoms with Gasteiger partial charge >= 0.3 is 0 Å². The molecule has 0 aliphatic heterocycles. The number of hydrogen-bond acceptors (Lipinski definition) is 4. The Morgan fingerprint density at radius 3 is 2.18 bits per heavy atom. The Hall–Kier alpha value is -1.13. The molecular formula is C7H12N4. The van der Waals surface area contributed by atoms with Gasteiger partial charge in [0.15, 0.2) is 0 Å². The van der Waals surface area contributed by atoms with Crippen molar-refractivity contribution in [1.29, 1.82) is 0 Å². The van der Waals surface area contributed by atoms with E-state index in [9.17, 15) is 0 Å². The Bertz CT molecular complexity index is 195. The van der Waals surface area contributed by atoms with Gasteiger partial charge in [0.25, 0.3) is 0 Å². The Morgan fingerprint density at radius 1 is 1.18 bits per heavy atom. The molecular weight excluding hydrogens is 140 g/mol. The zero-order valence-corrected chi connectivity index (χ0v) is 6.70. The highest BCUT2D eigenvalue weighted by Crippen LogP contribution is 2.05. The summed E-state index contributed by atoms with van der Waals surface area (Å²) in [5.41, 5.74) is 6.96. The molecule has 0 fully saturated rings. The molecule has 0 unspecified atom stereocenters. The molecule has 1 rings (SSSR count). The second-order valence-electron chi connectivity index (χ2n) is 1.99. The van der Waals surface area contributed by atoms with E-state index in [1.165, 1.54) is 0 Å². The van der Waals surface area contributed by atoms with Crippen LogP contribution < -0.4 is 16.0 Å². The van der Waals surface area contributed by atoms with E-state index < -0.39 is 0 Å². The van der Waals surface area contributed by atoms with Crippen LogP contribution in [0.25, 0.3) is 0 Å². The van der Waals surface area contributed by atoms with Gasteiger partial charge < -0.3 is 0 Å². The van der Waals surface area contributed by atoms with Crippen molar-refractivity contribution in [3.8, 4) is 0 Å². The van der Waals surface area contributed by atoms with Crippen molar-refractivity contribution in [3.63, 3.8) is 0 Å². The van der Waals surface area contributed by atoms with Gasteiger partial charge in [-0.2, -0.15) is 0 Å². The predicted octanol–water partition coefficient (Wildman–Crippen LogP) is 0.157. The Balaban J connectivity index is 2.74. The van der Waals surface area contributed by atoms with Crippen LogP contribution >= 0.6 is 0 Å². The molecule has 2 N–H and O–H groups in total. The number of hydrazine groups is 2. The maximum atomic E-state index is 3.91. The Morgan fingerprint density at radius 2 is 1.73 bits per heavy atom. The molecule has 0 saturated carbocycles. The van der Waals surface area contributed by atoms with Crippen molar-refractivity contribution >= 4 is 5.69 Å². The molecule has 4 heteroatoms. The van der Waals surface area contributed by atoms with E-state index in [0.29, 0.717) is 0 Å². The Kier molecular flexibility index (Phi) is 2.83. The average molecular weight is 152 g/mol. The molecule has 0 radical (unpaired) electrons. The van der Waals surface area contributed by atoms with Crippen LogP contribution in [0.5, 0.6) is 0 Å². The van der Waals surface area contributed by atoms with E-state index in [2.05, 4.69) is 15.8 Å². The minimum absolute atomic E-state index is 1.03. The fourth-order valence-electron chi connectivity index (χ4n) is 0.863. The molecule has 4 nitrogen and oxygen atoms in total. The van der Waals surface area contributed by atoms with Crippen molar-refractivity contribution in [2.75, 3.05) is 19.2 Å². The molecule has 0 atom stereocenters. The molecule has 60 valence electrons. The summed E-state index contributed by atoms with van der Waals surface area (Å²) in [6, 6.07) is 3.82. The highest BCUT2D eigenvalue weighted by atomic mass is 15.7. The van der Waals surface area contributed by atoms with Gasteiger partial charge in [-0.05, 0) is 12.1 Å². The van der Waals surface area contributed by atoms with Crippen molar-refractivity contribution < 1.29 is 0 Å². The van der Waals surface area contributed by atoms with Gasteiger partial charge in [0.2, 0.25) is 0 Å². The lowest BCUT2D eigenvalue weighted by atomic mass is 10.4. The van der Waals surface area contributed by atoms with Crippen LogP contribution in [0.15, 0.2) is 24.5 Å². The average Bonchev–Trinajstić information content (AvgIpc) is 2.09. The maximum absolute atomic E-state index is 3.91. The van der Waals surface area contributed by atoms with Crippen LogP contribution in [0.4, 0.5) is 5.69 Å². The fourth-order valence-corrected chi connectivity index (χ4v) is 0.863. The molecule has 1 heterocycles. The summed E-state index contributed by atoms with van der Waals surface area (Å²) in [6.45, 7) is 0. The third-order valence-electron chi connectivity index (χ3n) is 1.37. The lowest BCUT2D eigenvalue weighted by Gasteiger charge is -2.20. The second-order valence-corrected chi connectivity index (χ2v) is 1.99. The first kappa shape index (κ1) is 7.97. The summed E-state index contributed by atoms with van der Waals surface area (Å²) in [5.74, 6) is 0. The number of aromatic nitrogens is 1. The largest absolute Gasteiger partial charge is 0.265 e. The van der Waals surface area contributed by atoms with Crippen LogP contribution in [0.2, 0.25) is 0 Å². The predicted molar refractivity (Wildman–Crippen MR) is 44.8 cm³/mol. The van der Waals surface area contributed by atoms with Crippen LogP contribution in [-0.2, 0) is 0 Å². The van der Waals surface area contributed by atoms with Crippen molar-refractivity contribution in [3.05, 3.63) is 24.5 Å².